The van der Waals surface area contributed by atoms with Gasteiger partial charge in [0.2, 0.25) is 0 Å². The van der Waals surface area contributed by atoms with Crippen LogP contribution in [0, 0.1) is 0 Å². The zero-order chi connectivity index (χ0) is 16.1. The summed E-state index contributed by atoms with van der Waals surface area (Å²) in [5.41, 5.74) is 1.44. The molecular weight excluding hydrogens is 300 g/mol. The summed E-state index contributed by atoms with van der Waals surface area (Å²) in [5, 5.41) is 11.5. The Balaban J connectivity index is 2.12. The van der Waals surface area contributed by atoms with Crippen LogP contribution in [0.2, 0.25) is 0 Å². The van der Waals surface area contributed by atoms with Crippen molar-refractivity contribution in [3.05, 3.63) is 52.0 Å². The topological polar surface area (TPSA) is 70.5 Å². The molecule has 0 aliphatic rings. The lowest BCUT2D eigenvalue weighted by Crippen LogP contribution is -2.40. The Morgan fingerprint density at radius 1 is 1.27 bits per heavy atom. The number of rotatable bonds is 6. The molecule has 0 saturated carbocycles. The first-order valence-electron chi connectivity index (χ1n) is 6.98. The average molecular weight is 318 g/mol. The van der Waals surface area contributed by atoms with Crippen molar-refractivity contribution >= 4 is 23.2 Å². The van der Waals surface area contributed by atoms with E-state index < -0.39 is 5.97 Å². The molecular formula is C16H18N2O3S. The van der Waals surface area contributed by atoms with Gasteiger partial charge >= 0.3 is 5.97 Å². The Labute approximate surface area is 133 Å². The molecule has 116 valence electrons. The minimum absolute atomic E-state index is 0.192. The Kier molecular flexibility index (Phi) is 5.27. The van der Waals surface area contributed by atoms with Gasteiger partial charge in [0, 0.05) is 17.8 Å². The van der Waals surface area contributed by atoms with Crippen molar-refractivity contribution in [2.75, 3.05) is 6.54 Å². The standard InChI is InChI=1S/C16H18N2O3S/c1-11(2)18(9-15(19)20)16(21)13-10-22-14(17-13)8-12-6-4-3-5-7-12/h3-7,10-11H,8-9H2,1-2H3,(H,19,20). The number of aromatic nitrogens is 1. The molecule has 1 N–H and O–H groups in total. The van der Waals surface area contributed by atoms with Gasteiger partial charge in [-0.3, -0.25) is 9.59 Å². The first kappa shape index (κ1) is 16.2. The van der Waals surface area contributed by atoms with Gasteiger partial charge in [0.15, 0.2) is 0 Å². The van der Waals surface area contributed by atoms with Gasteiger partial charge in [-0.2, -0.15) is 0 Å². The van der Waals surface area contributed by atoms with Crippen LogP contribution in [-0.4, -0.2) is 39.5 Å². The Bertz CT molecular complexity index is 652. The number of amides is 1. The zero-order valence-electron chi connectivity index (χ0n) is 12.5. The molecule has 0 bridgehead atoms. The predicted molar refractivity (Wildman–Crippen MR) is 85.2 cm³/mol. The number of carbonyl (C=O) groups is 2. The molecule has 22 heavy (non-hydrogen) atoms. The summed E-state index contributed by atoms with van der Waals surface area (Å²) >= 11 is 1.41. The molecule has 0 spiro atoms. The van der Waals surface area contributed by atoms with E-state index in [4.69, 9.17) is 5.11 Å². The first-order valence-corrected chi connectivity index (χ1v) is 7.86. The Morgan fingerprint density at radius 3 is 2.55 bits per heavy atom. The minimum Gasteiger partial charge on any atom is -0.480 e. The number of carboxylic acid groups (broad SMARTS) is 1. The maximum Gasteiger partial charge on any atom is 0.323 e. The number of benzene rings is 1. The predicted octanol–water partition coefficient (Wildman–Crippen LogP) is 2.67. The maximum atomic E-state index is 12.4. The summed E-state index contributed by atoms with van der Waals surface area (Å²) in [6.45, 7) is 3.26. The van der Waals surface area contributed by atoms with Crippen LogP contribution >= 0.6 is 11.3 Å². The molecule has 2 aromatic rings. The summed E-state index contributed by atoms with van der Waals surface area (Å²) in [7, 11) is 0. The lowest BCUT2D eigenvalue weighted by atomic mass is 10.2. The molecule has 6 heteroatoms. The molecule has 0 aliphatic heterocycles. The molecule has 5 nitrogen and oxygen atoms in total. The van der Waals surface area contributed by atoms with Crippen molar-refractivity contribution in [1.82, 2.24) is 9.88 Å². The number of thiazole rings is 1. The van der Waals surface area contributed by atoms with Gasteiger partial charge < -0.3 is 10.0 Å². The molecule has 1 aromatic heterocycles. The van der Waals surface area contributed by atoms with E-state index in [1.54, 1.807) is 19.2 Å². The molecule has 1 aromatic carbocycles. The maximum absolute atomic E-state index is 12.4. The highest BCUT2D eigenvalue weighted by atomic mass is 32.1. The van der Waals surface area contributed by atoms with Crippen LogP contribution in [0.15, 0.2) is 35.7 Å². The molecule has 0 aliphatic carbocycles. The zero-order valence-corrected chi connectivity index (χ0v) is 13.3. The number of hydrogen-bond donors (Lipinski definition) is 1. The monoisotopic (exact) mass is 318 g/mol. The summed E-state index contributed by atoms with van der Waals surface area (Å²) in [6.07, 6.45) is 0.666. The highest BCUT2D eigenvalue weighted by Crippen LogP contribution is 2.17. The minimum atomic E-state index is -1.03. The fraction of sp³-hybridized carbons (Fsp3) is 0.312. The highest BCUT2D eigenvalue weighted by Gasteiger charge is 2.23. The number of aliphatic carboxylic acids is 1. The third-order valence-corrected chi connectivity index (χ3v) is 4.01. The summed E-state index contributed by atoms with van der Waals surface area (Å²) in [6, 6.07) is 9.70. The van der Waals surface area contributed by atoms with Crippen LogP contribution < -0.4 is 0 Å². The van der Waals surface area contributed by atoms with Gasteiger partial charge in [-0.15, -0.1) is 11.3 Å². The van der Waals surface area contributed by atoms with Crippen LogP contribution in [0.5, 0.6) is 0 Å². The molecule has 0 fully saturated rings. The van der Waals surface area contributed by atoms with Gasteiger partial charge in [0.05, 0.1) is 5.01 Å². The number of carbonyl (C=O) groups excluding carboxylic acids is 1. The lowest BCUT2D eigenvalue weighted by Gasteiger charge is -2.23. The molecule has 0 radical (unpaired) electrons. The highest BCUT2D eigenvalue weighted by molar-refractivity contribution is 7.09. The third-order valence-electron chi connectivity index (χ3n) is 3.16. The number of nitrogens with zero attached hydrogens (tertiary/aromatic N) is 2. The van der Waals surface area contributed by atoms with Crippen LogP contribution in [0.1, 0.15) is 34.9 Å². The number of hydrogen-bond acceptors (Lipinski definition) is 4. The third kappa shape index (κ3) is 4.14. The van der Waals surface area contributed by atoms with Crippen molar-refractivity contribution in [2.45, 2.75) is 26.3 Å². The van der Waals surface area contributed by atoms with Crippen molar-refractivity contribution in [2.24, 2.45) is 0 Å². The second kappa shape index (κ2) is 7.17. The quantitative estimate of drug-likeness (QED) is 0.889. The van der Waals surface area contributed by atoms with Crippen molar-refractivity contribution < 1.29 is 14.7 Å². The fourth-order valence-electron chi connectivity index (χ4n) is 2.04. The molecule has 1 amide bonds. The molecule has 0 atom stereocenters. The van der Waals surface area contributed by atoms with Gasteiger partial charge in [-0.05, 0) is 19.4 Å². The second-order valence-electron chi connectivity index (χ2n) is 5.21. The number of carboxylic acids is 1. The van der Waals surface area contributed by atoms with Crippen molar-refractivity contribution in [3.63, 3.8) is 0 Å². The SMILES string of the molecule is CC(C)N(CC(=O)O)C(=O)c1csc(Cc2ccccc2)n1. The molecule has 2 rings (SSSR count). The average Bonchev–Trinajstić information content (AvgIpc) is 2.93. The summed E-state index contributed by atoms with van der Waals surface area (Å²) in [4.78, 5) is 28.9. The van der Waals surface area contributed by atoms with Gasteiger partial charge in [0.1, 0.15) is 12.2 Å². The van der Waals surface area contributed by atoms with E-state index in [0.717, 1.165) is 10.6 Å². The Morgan fingerprint density at radius 2 is 1.95 bits per heavy atom. The van der Waals surface area contributed by atoms with Gasteiger partial charge in [-0.25, -0.2) is 4.98 Å². The Hall–Kier alpha value is -2.21. The first-order chi connectivity index (χ1) is 10.5. The van der Waals surface area contributed by atoms with E-state index in [9.17, 15) is 9.59 Å². The van der Waals surface area contributed by atoms with Crippen molar-refractivity contribution in [1.29, 1.82) is 0 Å². The van der Waals surface area contributed by atoms with Gasteiger partial charge in [-0.1, -0.05) is 30.3 Å². The summed E-state index contributed by atoms with van der Waals surface area (Å²) < 4.78 is 0. The van der Waals surface area contributed by atoms with Gasteiger partial charge in [0.25, 0.3) is 5.91 Å². The van der Waals surface area contributed by atoms with E-state index >= 15 is 0 Å². The van der Waals surface area contributed by atoms with E-state index in [1.807, 2.05) is 30.3 Å². The van der Waals surface area contributed by atoms with Crippen LogP contribution in [-0.2, 0) is 11.2 Å². The smallest absolute Gasteiger partial charge is 0.323 e. The molecule has 1 heterocycles. The molecule has 0 unspecified atom stereocenters. The van der Waals surface area contributed by atoms with E-state index in [0.29, 0.717) is 12.1 Å². The fourth-order valence-corrected chi connectivity index (χ4v) is 2.84. The largest absolute Gasteiger partial charge is 0.480 e. The van der Waals surface area contributed by atoms with Crippen LogP contribution in [0.4, 0.5) is 0 Å². The molecule has 0 saturated heterocycles. The second-order valence-corrected chi connectivity index (χ2v) is 6.15. The lowest BCUT2D eigenvalue weighted by molar-refractivity contribution is -0.138. The van der Waals surface area contributed by atoms with Crippen LogP contribution in [0.25, 0.3) is 0 Å². The van der Waals surface area contributed by atoms with E-state index in [1.165, 1.54) is 16.2 Å². The normalized spacial score (nSPS) is 10.7. The summed E-state index contributed by atoms with van der Waals surface area (Å²) in [5.74, 6) is -1.37. The van der Waals surface area contributed by atoms with E-state index in [-0.39, 0.29) is 18.5 Å². The van der Waals surface area contributed by atoms with Crippen LogP contribution in [0.3, 0.4) is 0 Å². The van der Waals surface area contributed by atoms with E-state index in [2.05, 4.69) is 4.98 Å². The van der Waals surface area contributed by atoms with Crippen molar-refractivity contribution in [3.8, 4) is 0 Å².